The topological polar surface area (TPSA) is 123 Å². The van der Waals surface area contributed by atoms with Crippen LogP contribution < -0.4 is 20.7 Å². The van der Waals surface area contributed by atoms with E-state index in [1.807, 2.05) is 0 Å². The molecule has 1 aromatic rings. The van der Waals surface area contributed by atoms with Crippen LogP contribution in [0, 0.1) is 17.8 Å². The molecule has 0 aromatic heterocycles. The van der Waals surface area contributed by atoms with Gasteiger partial charge < -0.3 is 20.1 Å². The molecule has 1 aliphatic heterocycles. The van der Waals surface area contributed by atoms with Crippen LogP contribution in [0.25, 0.3) is 0 Å². The van der Waals surface area contributed by atoms with Crippen LogP contribution in [0.1, 0.15) is 44.9 Å². The van der Waals surface area contributed by atoms with Gasteiger partial charge in [-0.1, -0.05) is 12.1 Å². The molecule has 1 aromatic carbocycles. The van der Waals surface area contributed by atoms with E-state index >= 15 is 0 Å². The third-order valence-electron chi connectivity index (χ3n) is 7.09. The quantitative estimate of drug-likeness (QED) is 0.602. The molecule has 1 atom stereocenters. The van der Waals surface area contributed by atoms with Crippen LogP contribution in [-0.2, 0) is 19.1 Å². The highest BCUT2D eigenvalue weighted by atomic mass is 16.5. The largest absolute Gasteiger partial charge is 0.478 e. The van der Waals surface area contributed by atoms with Gasteiger partial charge in [0.05, 0.1) is 12.1 Å². The molecular weight excluding hydrogens is 414 g/mol. The van der Waals surface area contributed by atoms with Gasteiger partial charge >= 0.3 is 12.0 Å². The summed E-state index contributed by atoms with van der Waals surface area (Å²) < 4.78 is 10.5. The Morgan fingerprint density at radius 1 is 1.06 bits per heavy atom. The zero-order valence-electron chi connectivity index (χ0n) is 17.7. The lowest BCUT2D eigenvalue weighted by Crippen LogP contribution is -2.62. The van der Waals surface area contributed by atoms with Gasteiger partial charge in [-0.2, -0.15) is 0 Å². The van der Waals surface area contributed by atoms with Crippen molar-refractivity contribution >= 4 is 29.5 Å². The number of benzene rings is 1. The number of carbonyl (C=O) groups excluding carboxylic acids is 4. The number of imide groups is 1. The van der Waals surface area contributed by atoms with E-state index in [-0.39, 0.29) is 12.0 Å². The van der Waals surface area contributed by atoms with Gasteiger partial charge in [0.15, 0.2) is 12.7 Å². The first kappa shape index (κ1) is 20.8. The lowest BCUT2D eigenvalue weighted by atomic mass is 9.53. The number of nitrogens with one attached hydrogen (secondary N) is 3. The Morgan fingerprint density at radius 2 is 1.72 bits per heavy atom. The molecule has 170 valence electrons. The first-order chi connectivity index (χ1) is 15.4. The number of esters is 1. The molecule has 0 spiro atoms. The van der Waals surface area contributed by atoms with E-state index in [1.54, 1.807) is 24.3 Å². The Labute approximate surface area is 185 Å². The first-order valence-electron chi connectivity index (χ1n) is 11.2. The number of amides is 4. The van der Waals surface area contributed by atoms with Gasteiger partial charge in [0.1, 0.15) is 5.75 Å². The summed E-state index contributed by atoms with van der Waals surface area (Å²) >= 11 is 0. The predicted octanol–water partition coefficient (Wildman–Crippen LogP) is 2.11. The standard InChI is InChI=1S/C23H27N3O6/c27-19(25-22(30)26-23-9-13-5-14(10-23)7-15(6-13)11-23)12-31-20(28)8-18-21(29)24-16-3-1-2-4-17(16)32-18/h1-4,13-15,18H,5-12H2,(H,24,29)(H2,25,26,27,30). The van der Waals surface area contributed by atoms with Gasteiger partial charge in [-0.3, -0.25) is 19.7 Å². The lowest BCUT2D eigenvalue weighted by molar-refractivity contribution is -0.151. The van der Waals surface area contributed by atoms with E-state index in [0.717, 1.165) is 19.3 Å². The molecule has 0 radical (unpaired) electrons. The van der Waals surface area contributed by atoms with Crippen molar-refractivity contribution in [2.45, 2.75) is 56.6 Å². The summed E-state index contributed by atoms with van der Waals surface area (Å²) in [6.07, 6.45) is 5.31. The fourth-order valence-corrected chi connectivity index (χ4v) is 6.28. The van der Waals surface area contributed by atoms with Crippen molar-refractivity contribution in [1.29, 1.82) is 0 Å². The molecule has 4 amide bonds. The number of carbonyl (C=O) groups is 4. The van der Waals surface area contributed by atoms with Crippen LogP contribution in [0.3, 0.4) is 0 Å². The maximum absolute atomic E-state index is 12.4. The molecule has 5 aliphatic rings. The molecule has 4 aliphatic carbocycles. The van der Waals surface area contributed by atoms with Gasteiger partial charge in [-0.15, -0.1) is 0 Å². The summed E-state index contributed by atoms with van der Waals surface area (Å²) in [4.78, 5) is 48.7. The molecule has 9 heteroatoms. The molecule has 4 saturated carbocycles. The van der Waals surface area contributed by atoms with Crippen molar-refractivity contribution in [3.05, 3.63) is 24.3 Å². The maximum Gasteiger partial charge on any atom is 0.321 e. The summed E-state index contributed by atoms with van der Waals surface area (Å²) in [5.74, 6) is 0.545. The zero-order valence-corrected chi connectivity index (χ0v) is 17.7. The molecule has 4 fully saturated rings. The summed E-state index contributed by atoms with van der Waals surface area (Å²) in [5.41, 5.74) is 0.323. The van der Waals surface area contributed by atoms with Crippen LogP contribution in [0.15, 0.2) is 24.3 Å². The first-order valence-corrected chi connectivity index (χ1v) is 11.2. The molecule has 9 nitrogen and oxygen atoms in total. The van der Waals surface area contributed by atoms with Gasteiger partial charge in [0.2, 0.25) is 0 Å². The second-order valence-electron chi connectivity index (χ2n) is 9.66. The summed E-state index contributed by atoms with van der Waals surface area (Å²) in [6.45, 7) is -0.599. The second-order valence-corrected chi connectivity index (χ2v) is 9.66. The molecular formula is C23H27N3O6. The monoisotopic (exact) mass is 441 g/mol. The van der Waals surface area contributed by atoms with Crippen molar-refractivity contribution in [3.8, 4) is 5.75 Å². The average Bonchev–Trinajstić information content (AvgIpc) is 2.71. The van der Waals surface area contributed by atoms with Crippen molar-refractivity contribution in [2.24, 2.45) is 17.8 Å². The highest BCUT2D eigenvalue weighted by Gasteiger charge is 2.51. The number of ether oxygens (including phenoxy) is 2. The van der Waals surface area contributed by atoms with Crippen LogP contribution >= 0.6 is 0 Å². The Kier molecular flexibility index (Phi) is 5.27. The van der Waals surface area contributed by atoms with Crippen LogP contribution in [0.5, 0.6) is 5.75 Å². The maximum atomic E-state index is 12.4. The third-order valence-corrected chi connectivity index (χ3v) is 7.09. The van der Waals surface area contributed by atoms with Gasteiger partial charge in [0.25, 0.3) is 11.8 Å². The number of anilines is 1. The van der Waals surface area contributed by atoms with E-state index in [2.05, 4.69) is 16.0 Å². The molecule has 32 heavy (non-hydrogen) atoms. The Hall–Kier alpha value is -3.10. The van der Waals surface area contributed by atoms with E-state index in [4.69, 9.17) is 9.47 Å². The van der Waals surface area contributed by atoms with Gasteiger partial charge in [-0.05, 0) is 68.4 Å². The molecule has 6 rings (SSSR count). The summed E-state index contributed by atoms with van der Waals surface area (Å²) in [6, 6.07) is 6.35. The number of urea groups is 1. The average molecular weight is 441 g/mol. The van der Waals surface area contributed by atoms with Gasteiger partial charge in [-0.25, -0.2) is 4.79 Å². The molecule has 4 bridgehead atoms. The van der Waals surface area contributed by atoms with Gasteiger partial charge in [0, 0.05) is 5.54 Å². The normalized spacial score (nSPS) is 31.7. The fourth-order valence-electron chi connectivity index (χ4n) is 6.28. The minimum atomic E-state index is -1.04. The Bertz CT molecular complexity index is 926. The number of hydrogen-bond donors (Lipinski definition) is 3. The molecule has 0 saturated heterocycles. The number of fused-ring (bicyclic) bond motifs is 1. The number of hydrogen-bond acceptors (Lipinski definition) is 6. The van der Waals surface area contributed by atoms with E-state index in [0.29, 0.717) is 29.2 Å². The lowest BCUT2D eigenvalue weighted by Gasteiger charge is -2.56. The SMILES string of the molecule is O=C(COC(=O)CC1Oc2ccccc2NC1=O)NC(=O)NC12CC3CC(CC(C3)C1)C2. The Morgan fingerprint density at radius 3 is 2.41 bits per heavy atom. The number of para-hydroxylation sites is 2. The smallest absolute Gasteiger partial charge is 0.321 e. The van der Waals surface area contributed by atoms with E-state index in [1.165, 1.54) is 19.3 Å². The van der Waals surface area contributed by atoms with E-state index < -0.39 is 36.5 Å². The highest BCUT2D eigenvalue weighted by molar-refractivity contribution is 6.00. The van der Waals surface area contributed by atoms with Crippen molar-refractivity contribution in [3.63, 3.8) is 0 Å². The summed E-state index contributed by atoms with van der Waals surface area (Å²) in [5, 5.41) is 7.96. The zero-order chi connectivity index (χ0) is 22.3. The third kappa shape index (κ3) is 4.28. The van der Waals surface area contributed by atoms with Crippen LogP contribution in [-0.4, -0.2) is 42.1 Å². The Balaban J connectivity index is 1.07. The van der Waals surface area contributed by atoms with Crippen molar-refractivity contribution in [1.82, 2.24) is 10.6 Å². The minimum Gasteiger partial charge on any atom is -0.478 e. The second kappa shape index (κ2) is 8.11. The van der Waals surface area contributed by atoms with Crippen molar-refractivity contribution in [2.75, 3.05) is 11.9 Å². The fraction of sp³-hybridized carbons (Fsp3) is 0.565. The highest BCUT2D eigenvalue weighted by Crippen LogP contribution is 2.55. The molecule has 1 unspecified atom stereocenters. The molecule has 3 N–H and O–H groups in total. The van der Waals surface area contributed by atoms with Crippen LogP contribution in [0.2, 0.25) is 0 Å². The minimum absolute atomic E-state index is 0.211. The van der Waals surface area contributed by atoms with Crippen molar-refractivity contribution < 1.29 is 28.7 Å². The van der Waals surface area contributed by atoms with Crippen LogP contribution in [0.4, 0.5) is 10.5 Å². The van der Waals surface area contributed by atoms with E-state index in [9.17, 15) is 19.2 Å². The summed E-state index contributed by atoms with van der Waals surface area (Å²) in [7, 11) is 0. The molecule has 1 heterocycles. The number of rotatable bonds is 5. The predicted molar refractivity (Wildman–Crippen MR) is 113 cm³/mol.